The van der Waals surface area contributed by atoms with Gasteiger partial charge in [0.05, 0.1) is 0 Å². The summed E-state index contributed by atoms with van der Waals surface area (Å²) in [6.45, 7) is 5.99. The Morgan fingerprint density at radius 2 is 1.38 bits per heavy atom. The van der Waals surface area contributed by atoms with Crippen molar-refractivity contribution >= 4 is 23.5 Å². The molecule has 2 nitrogen and oxygen atoms in total. The molecule has 3 heteroatoms. The molecule has 0 unspecified atom stereocenters. The first-order valence-corrected chi connectivity index (χ1v) is 7.56. The summed E-state index contributed by atoms with van der Waals surface area (Å²) in [5.41, 5.74) is 17.9. The van der Waals surface area contributed by atoms with Crippen molar-refractivity contribution in [2.75, 3.05) is 11.5 Å². The Bertz CT molecular complexity index is 937. The molecule has 3 rings (SSSR count). The first kappa shape index (κ1) is 17.6. The van der Waals surface area contributed by atoms with Crippen LogP contribution < -0.4 is 34.3 Å². The van der Waals surface area contributed by atoms with Crippen LogP contribution in [0.1, 0.15) is 16.7 Å². The lowest BCUT2D eigenvalue weighted by Gasteiger charge is -2.11. The van der Waals surface area contributed by atoms with Crippen molar-refractivity contribution in [2.45, 2.75) is 6.92 Å². The van der Waals surface area contributed by atoms with E-state index < -0.39 is 0 Å². The average Bonchev–Trinajstić information content (AvgIpc) is 2.55. The lowest BCUT2D eigenvalue weighted by Crippen LogP contribution is -3.00. The summed E-state index contributed by atoms with van der Waals surface area (Å²) in [6, 6.07) is 22.3. The van der Waals surface area contributed by atoms with Gasteiger partial charge in [-0.1, -0.05) is 49.0 Å². The summed E-state index contributed by atoms with van der Waals surface area (Å²) >= 11 is 0. The van der Waals surface area contributed by atoms with Gasteiger partial charge in [0.15, 0.2) is 0 Å². The number of hydrogen-bond donors (Lipinski definition) is 2. The van der Waals surface area contributed by atoms with Crippen molar-refractivity contribution in [3.8, 4) is 0 Å². The predicted octanol–water partition coefficient (Wildman–Crippen LogP) is -0.179. The van der Waals surface area contributed by atoms with Gasteiger partial charge in [0.25, 0.3) is 0 Å². The molecule has 122 valence electrons. The maximum absolute atomic E-state index is 5.97. The van der Waals surface area contributed by atoms with Gasteiger partial charge < -0.3 is 23.9 Å². The molecule has 0 atom stereocenters. The van der Waals surface area contributed by atoms with E-state index in [0.29, 0.717) is 0 Å². The fraction of sp³-hybridized carbons (Fsp3) is 0.0476. The number of anilines is 2. The lowest BCUT2D eigenvalue weighted by molar-refractivity contribution is -0.00000462. The highest BCUT2D eigenvalue weighted by Crippen LogP contribution is 2.24. The molecule has 0 aliphatic heterocycles. The second-order valence-corrected chi connectivity index (χ2v) is 5.77. The van der Waals surface area contributed by atoms with Gasteiger partial charge in [-0.25, -0.2) is 0 Å². The van der Waals surface area contributed by atoms with E-state index in [0.717, 1.165) is 44.1 Å². The monoisotopic (exact) mass is 335 g/mol. The maximum atomic E-state index is 5.97. The van der Waals surface area contributed by atoms with Crippen LogP contribution in [0.15, 0.2) is 66.7 Å². The van der Waals surface area contributed by atoms with Crippen molar-refractivity contribution in [3.05, 3.63) is 93.9 Å². The maximum Gasteiger partial charge on any atom is 0.0344 e. The van der Waals surface area contributed by atoms with Crippen LogP contribution in [0.3, 0.4) is 0 Å². The van der Waals surface area contributed by atoms with Crippen LogP contribution >= 0.6 is 0 Å². The van der Waals surface area contributed by atoms with Crippen molar-refractivity contribution < 1.29 is 12.4 Å². The van der Waals surface area contributed by atoms with Crippen molar-refractivity contribution in [1.82, 2.24) is 0 Å². The molecule has 0 heterocycles. The van der Waals surface area contributed by atoms with Crippen LogP contribution in [0.2, 0.25) is 0 Å². The van der Waals surface area contributed by atoms with E-state index in [1.54, 1.807) is 0 Å². The fourth-order valence-corrected chi connectivity index (χ4v) is 2.65. The Labute approximate surface area is 148 Å². The van der Waals surface area contributed by atoms with Crippen LogP contribution in [-0.4, -0.2) is 0 Å². The number of benzene rings is 3. The van der Waals surface area contributed by atoms with Gasteiger partial charge >= 0.3 is 0 Å². The highest BCUT2D eigenvalue weighted by Gasteiger charge is 2.07. The molecule has 4 N–H and O–H groups in total. The van der Waals surface area contributed by atoms with Crippen molar-refractivity contribution in [2.24, 2.45) is 0 Å². The number of aryl methyl sites for hydroxylation is 1. The summed E-state index contributed by atoms with van der Waals surface area (Å²) in [5.74, 6) is 0. The van der Waals surface area contributed by atoms with Gasteiger partial charge in [0, 0.05) is 11.4 Å². The number of hydrogen-bond acceptors (Lipinski definition) is 2. The molecule has 0 spiro atoms. The molecule has 0 aromatic heterocycles. The zero-order valence-corrected chi connectivity index (χ0v) is 14.3. The normalized spacial score (nSPS) is 10.0. The first-order chi connectivity index (χ1) is 11.0. The second kappa shape index (κ2) is 7.24. The van der Waals surface area contributed by atoms with Crippen LogP contribution in [0, 0.1) is 6.92 Å². The lowest BCUT2D eigenvalue weighted by atomic mass is 9.94. The van der Waals surface area contributed by atoms with Crippen molar-refractivity contribution in [3.63, 3.8) is 0 Å². The number of halogens is 1. The number of nitrogens with two attached hydrogens (primary N) is 2. The molecule has 0 saturated heterocycles. The van der Waals surface area contributed by atoms with E-state index in [9.17, 15) is 0 Å². The molecule has 0 aliphatic carbocycles. The van der Waals surface area contributed by atoms with Gasteiger partial charge in [-0.3, -0.25) is 0 Å². The smallest absolute Gasteiger partial charge is 0.0344 e. The third-order valence-corrected chi connectivity index (χ3v) is 4.00. The molecular weight excluding hydrogens is 316 g/mol. The Hall–Kier alpha value is -2.71. The highest BCUT2D eigenvalue weighted by molar-refractivity contribution is 5.81. The highest BCUT2D eigenvalue weighted by atomic mass is 35.5. The second-order valence-electron chi connectivity index (χ2n) is 5.77. The Kier molecular flexibility index (Phi) is 5.32. The summed E-state index contributed by atoms with van der Waals surface area (Å²) in [4.78, 5) is 0. The minimum absolute atomic E-state index is 0. The van der Waals surface area contributed by atoms with E-state index in [1.165, 1.54) is 0 Å². The van der Waals surface area contributed by atoms with Gasteiger partial charge in [0.1, 0.15) is 0 Å². The van der Waals surface area contributed by atoms with Crippen LogP contribution in [0.4, 0.5) is 11.4 Å². The molecule has 0 bridgehead atoms. The largest absolute Gasteiger partial charge is 1.00 e. The summed E-state index contributed by atoms with van der Waals surface area (Å²) in [5, 5.41) is 2.14. The molecule has 0 fully saturated rings. The standard InChI is InChI=1S/C21H20N2.ClH/c1-14-3-5-16(6-4-14)21(17-7-10-19(22)11-8-17)18-9-12-20(23)15(2)13-18;/h3-13H,1,22-23H2,2H3;1H/p-1. The van der Waals surface area contributed by atoms with Gasteiger partial charge in [-0.05, 0) is 63.9 Å². The predicted molar refractivity (Wildman–Crippen MR) is 99.3 cm³/mol. The molecule has 24 heavy (non-hydrogen) atoms. The summed E-state index contributed by atoms with van der Waals surface area (Å²) < 4.78 is 0. The number of rotatable bonds is 2. The van der Waals surface area contributed by atoms with E-state index >= 15 is 0 Å². The van der Waals surface area contributed by atoms with Crippen LogP contribution in [0.25, 0.3) is 12.2 Å². The fourth-order valence-electron chi connectivity index (χ4n) is 2.65. The summed E-state index contributed by atoms with van der Waals surface area (Å²) in [6.07, 6.45) is 0. The van der Waals surface area contributed by atoms with Gasteiger partial charge in [-0.2, -0.15) is 0 Å². The molecule has 0 saturated carbocycles. The SMILES string of the molecule is C=c1ccc(=C(c2ccc(N)cc2)c2ccc(N)c(C)c2)cc1.[Cl-]. The zero-order valence-electron chi connectivity index (χ0n) is 13.6. The van der Waals surface area contributed by atoms with E-state index in [4.69, 9.17) is 11.5 Å². The van der Waals surface area contributed by atoms with Gasteiger partial charge in [0.2, 0.25) is 0 Å². The summed E-state index contributed by atoms with van der Waals surface area (Å²) in [7, 11) is 0. The van der Waals surface area contributed by atoms with Crippen LogP contribution in [-0.2, 0) is 0 Å². The zero-order chi connectivity index (χ0) is 16.4. The average molecular weight is 336 g/mol. The Morgan fingerprint density at radius 3 is 1.96 bits per heavy atom. The molecule has 0 amide bonds. The molecule has 3 aromatic rings. The first-order valence-electron chi connectivity index (χ1n) is 7.56. The molecule has 3 aromatic carbocycles. The molecule has 0 aliphatic rings. The van der Waals surface area contributed by atoms with E-state index in [1.807, 2.05) is 37.3 Å². The quantitative estimate of drug-likeness (QED) is 0.638. The van der Waals surface area contributed by atoms with E-state index in [2.05, 4.69) is 43.0 Å². The topological polar surface area (TPSA) is 52.0 Å². The number of nitrogen functional groups attached to an aromatic ring is 2. The minimum atomic E-state index is 0. The molecular formula is C21H20ClN2-. The van der Waals surface area contributed by atoms with Gasteiger partial charge in [-0.15, -0.1) is 0 Å². The Morgan fingerprint density at radius 1 is 0.792 bits per heavy atom. The van der Waals surface area contributed by atoms with E-state index in [-0.39, 0.29) is 12.4 Å². The Balaban J connectivity index is 0.00000208. The third-order valence-electron chi connectivity index (χ3n) is 4.00. The van der Waals surface area contributed by atoms with Crippen LogP contribution in [0.5, 0.6) is 0 Å². The molecule has 0 radical (unpaired) electrons. The third kappa shape index (κ3) is 3.61. The minimum Gasteiger partial charge on any atom is -1.00 e. The van der Waals surface area contributed by atoms with Crippen molar-refractivity contribution in [1.29, 1.82) is 0 Å².